The minimum atomic E-state index is -0.0377. The van der Waals surface area contributed by atoms with Crippen molar-refractivity contribution in [2.24, 2.45) is 0 Å². The van der Waals surface area contributed by atoms with Crippen molar-refractivity contribution in [2.75, 3.05) is 11.2 Å². The average molecular weight is 359 g/mol. The molecule has 0 spiro atoms. The largest absolute Gasteiger partial charge is 0.366 e. The average Bonchev–Trinajstić information content (AvgIpc) is 3.19. The summed E-state index contributed by atoms with van der Waals surface area (Å²) >= 11 is 6.91. The summed E-state index contributed by atoms with van der Waals surface area (Å²) in [6.45, 7) is 2.08. The van der Waals surface area contributed by atoms with Crippen molar-refractivity contribution in [1.82, 2.24) is 14.5 Å². The fourth-order valence-corrected chi connectivity index (χ4v) is 3.26. The fourth-order valence-electron chi connectivity index (χ4n) is 2.41. The molecule has 0 saturated carbocycles. The van der Waals surface area contributed by atoms with E-state index in [1.165, 1.54) is 20.7 Å². The highest BCUT2D eigenvalue weighted by Gasteiger charge is 2.15. The van der Waals surface area contributed by atoms with Gasteiger partial charge in [0.25, 0.3) is 0 Å². The minimum absolute atomic E-state index is 0.0377. The number of thiophene rings is 1. The number of ketones is 1. The van der Waals surface area contributed by atoms with Crippen LogP contribution in [0.1, 0.15) is 22.8 Å². The van der Waals surface area contributed by atoms with Crippen molar-refractivity contribution in [2.45, 2.75) is 19.9 Å². The van der Waals surface area contributed by atoms with Crippen LogP contribution in [-0.4, -0.2) is 20.2 Å². The lowest BCUT2D eigenvalue weighted by molar-refractivity contribution is 0.0966. The first-order chi connectivity index (χ1) is 11.6. The maximum absolute atomic E-state index is 12.6. The maximum Gasteiger partial charge on any atom is 0.240 e. The Kier molecular flexibility index (Phi) is 4.77. The van der Waals surface area contributed by atoms with Crippen molar-refractivity contribution in [3.8, 4) is 0 Å². The van der Waals surface area contributed by atoms with Crippen LogP contribution < -0.4 is 11.2 Å². The van der Waals surface area contributed by atoms with Gasteiger partial charge in [-0.25, -0.2) is 4.68 Å². The van der Waals surface area contributed by atoms with E-state index in [0.29, 0.717) is 10.3 Å². The molecular formula is C16H17N5OS2. The Balaban J connectivity index is 1.86. The molecule has 8 heteroatoms. The predicted molar refractivity (Wildman–Crippen MR) is 99.0 cm³/mol. The van der Waals surface area contributed by atoms with E-state index in [1.807, 2.05) is 48.7 Å². The topological polar surface area (TPSA) is 77.9 Å². The van der Waals surface area contributed by atoms with E-state index in [4.69, 9.17) is 18.0 Å². The Labute approximate surface area is 148 Å². The highest BCUT2D eigenvalue weighted by Crippen LogP contribution is 2.17. The molecule has 0 aliphatic heterocycles. The quantitative estimate of drug-likeness (QED) is 0.521. The molecule has 0 aliphatic carbocycles. The van der Waals surface area contributed by atoms with Gasteiger partial charge in [0.05, 0.1) is 0 Å². The lowest BCUT2D eigenvalue weighted by Gasteiger charge is -2.07. The van der Waals surface area contributed by atoms with Gasteiger partial charge in [0.1, 0.15) is 11.5 Å². The number of carbonyl (C=O) groups excluding carboxylic acids is 1. The highest BCUT2D eigenvalue weighted by molar-refractivity contribution is 7.71. The van der Waals surface area contributed by atoms with E-state index < -0.39 is 0 Å². The van der Waals surface area contributed by atoms with Crippen LogP contribution in [0.25, 0.3) is 0 Å². The molecule has 0 radical (unpaired) electrons. The Morgan fingerprint density at radius 2 is 2.12 bits per heavy atom. The number of rotatable bonds is 6. The summed E-state index contributed by atoms with van der Waals surface area (Å²) in [7, 11) is 0. The Bertz CT molecular complexity index is 911. The first-order valence-corrected chi connectivity index (χ1v) is 8.76. The standard InChI is InChI=1S/C16H17N5OS2/c1-2-11-6-3-4-7-12(11)13(22)10-20-16(23)21(15(17)19-20)18-14-8-5-9-24-14/h3-9,18H,2,10H2,1H3,(H2,17,19). The van der Waals surface area contributed by atoms with Crippen molar-refractivity contribution in [1.29, 1.82) is 0 Å². The number of Topliss-reactive ketones (excluding diaryl/α,β-unsaturated/α-hetero) is 1. The summed E-state index contributed by atoms with van der Waals surface area (Å²) in [6.07, 6.45) is 0.795. The summed E-state index contributed by atoms with van der Waals surface area (Å²) in [6, 6.07) is 11.4. The Morgan fingerprint density at radius 3 is 2.83 bits per heavy atom. The monoisotopic (exact) mass is 359 g/mol. The van der Waals surface area contributed by atoms with Gasteiger partial charge in [-0.15, -0.1) is 16.4 Å². The van der Waals surface area contributed by atoms with E-state index in [0.717, 1.165) is 17.0 Å². The van der Waals surface area contributed by atoms with Crippen molar-refractivity contribution < 1.29 is 4.79 Å². The van der Waals surface area contributed by atoms with Crippen LogP contribution in [0.5, 0.6) is 0 Å². The molecule has 0 atom stereocenters. The fraction of sp³-hybridized carbons (Fsp3) is 0.188. The van der Waals surface area contributed by atoms with Crippen LogP contribution in [0, 0.1) is 4.77 Å². The number of anilines is 2. The van der Waals surface area contributed by atoms with E-state index >= 15 is 0 Å². The van der Waals surface area contributed by atoms with E-state index in [9.17, 15) is 4.79 Å². The summed E-state index contributed by atoms with van der Waals surface area (Å²) in [5.41, 5.74) is 10.7. The maximum atomic E-state index is 12.6. The third kappa shape index (κ3) is 3.24. The van der Waals surface area contributed by atoms with Gasteiger partial charge in [-0.1, -0.05) is 31.2 Å². The molecule has 3 N–H and O–H groups in total. The predicted octanol–water partition coefficient (Wildman–Crippen LogP) is 3.38. The molecule has 0 amide bonds. The number of nitrogens with one attached hydrogen (secondary N) is 1. The number of benzene rings is 1. The van der Waals surface area contributed by atoms with Crippen molar-refractivity contribution in [3.63, 3.8) is 0 Å². The third-order valence-electron chi connectivity index (χ3n) is 3.60. The van der Waals surface area contributed by atoms with Crippen LogP contribution in [-0.2, 0) is 13.0 Å². The molecule has 0 bridgehead atoms. The molecule has 2 aromatic heterocycles. The smallest absolute Gasteiger partial charge is 0.240 e. The summed E-state index contributed by atoms with van der Waals surface area (Å²) in [5, 5.41) is 7.02. The molecule has 24 heavy (non-hydrogen) atoms. The summed E-state index contributed by atoms with van der Waals surface area (Å²) in [5.74, 6) is 0.175. The van der Waals surface area contributed by atoms with Gasteiger partial charge in [-0.2, -0.15) is 4.68 Å². The zero-order valence-electron chi connectivity index (χ0n) is 13.1. The number of hydrogen-bond acceptors (Lipinski definition) is 6. The molecule has 0 fully saturated rings. The molecule has 3 rings (SSSR count). The second-order valence-corrected chi connectivity index (χ2v) is 6.47. The number of carbonyl (C=O) groups is 1. The third-order valence-corrected chi connectivity index (χ3v) is 4.77. The number of hydrogen-bond donors (Lipinski definition) is 2. The van der Waals surface area contributed by atoms with Gasteiger partial charge < -0.3 is 5.73 Å². The van der Waals surface area contributed by atoms with Gasteiger partial charge >= 0.3 is 0 Å². The molecule has 3 aromatic rings. The van der Waals surface area contributed by atoms with Crippen LogP contribution in [0.3, 0.4) is 0 Å². The second-order valence-electron chi connectivity index (χ2n) is 5.16. The zero-order chi connectivity index (χ0) is 17.1. The van der Waals surface area contributed by atoms with Crippen molar-refractivity contribution in [3.05, 3.63) is 57.7 Å². The molecule has 0 unspecified atom stereocenters. The van der Waals surface area contributed by atoms with Crippen LogP contribution in [0.4, 0.5) is 10.9 Å². The van der Waals surface area contributed by atoms with Gasteiger partial charge in [0, 0.05) is 5.56 Å². The lowest BCUT2D eigenvalue weighted by Crippen LogP contribution is -2.15. The molecule has 0 aliphatic rings. The number of aromatic nitrogens is 3. The first-order valence-electron chi connectivity index (χ1n) is 7.47. The van der Waals surface area contributed by atoms with Crippen molar-refractivity contribution >= 4 is 40.3 Å². The molecule has 1 aromatic carbocycles. The number of nitrogen functional groups attached to an aromatic ring is 1. The Morgan fingerprint density at radius 1 is 1.33 bits per heavy atom. The molecule has 124 valence electrons. The molecule has 2 heterocycles. The van der Waals surface area contributed by atoms with Gasteiger partial charge in [-0.05, 0) is 41.7 Å². The van der Waals surface area contributed by atoms with Gasteiger partial charge in [-0.3, -0.25) is 10.2 Å². The summed E-state index contributed by atoms with van der Waals surface area (Å²) < 4.78 is 3.29. The SMILES string of the molecule is CCc1ccccc1C(=O)Cn1nc(N)n(Nc2cccs2)c1=S. The van der Waals surface area contributed by atoms with Crippen LogP contribution in [0.2, 0.25) is 0 Å². The lowest BCUT2D eigenvalue weighted by atomic mass is 10.0. The van der Waals surface area contributed by atoms with Gasteiger partial charge in [0.15, 0.2) is 5.78 Å². The number of aryl methyl sites for hydroxylation is 1. The first kappa shape index (κ1) is 16.4. The van der Waals surface area contributed by atoms with E-state index in [-0.39, 0.29) is 18.3 Å². The normalized spacial score (nSPS) is 10.7. The van der Waals surface area contributed by atoms with Crippen LogP contribution >= 0.6 is 23.6 Å². The van der Waals surface area contributed by atoms with E-state index in [2.05, 4.69) is 10.5 Å². The Hall–Kier alpha value is -2.45. The minimum Gasteiger partial charge on any atom is -0.366 e. The van der Waals surface area contributed by atoms with Crippen LogP contribution in [0.15, 0.2) is 41.8 Å². The number of nitrogens with two attached hydrogens (primary N) is 1. The van der Waals surface area contributed by atoms with Gasteiger partial charge in [0.2, 0.25) is 10.7 Å². The zero-order valence-corrected chi connectivity index (χ0v) is 14.7. The van der Waals surface area contributed by atoms with E-state index in [1.54, 1.807) is 0 Å². The number of nitrogens with zero attached hydrogens (tertiary/aromatic N) is 3. The summed E-state index contributed by atoms with van der Waals surface area (Å²) in [4.78, 5) is 12.6. The molecular weight excluding hydrogens is 342 g/mol. The molecule has 0 saturated heterocycles. The highest BCUT2D eigenvalue weighted by atomic mass is 32.1. The second kappa shape index (κ2) is 6.98. The molecule has 6 nitrogen and oxygen atoms in total.